The third-order valence-corrected chi connectivity index (χ3v) is 8.84. The van der Waals surface area contributed by atoms with E-state index in [-0.39, 0.29) is 46.1 Å². The molecule has 5 rings (SSSR count). The van der Waals surface area contributed by atoms with Gasteiger partial charge in [-0.05, 0) is 62.7 Å². The number of piperidine rings is 1. The standard InChI is InChI=1S/C26H29FN6O6S/c1-32(10-11-34)40(36,37)31-23-5-3-21(27)24(20(23)14-28)39-18-2-4-22-19(12-18)25(35)33(16-30-22)17-13-26(38-15-17)6-8-29-9-7-26/h2-5,12,16-17,29,31,34H,6-11,13,15H2,1H3/t17-/m1/s1. The summed E-state index contributed by atoms with van der Waals surface area (Å²) in [7, 11) is -2.90. The number of nitrogens with one attached hydrogen (secondary N) is 2. The number of fused-ring (bicyclic) bond motifs is 1. The van der Waals surface area contributed by atoms with E-state index >= 15 is 0 Å². The zero-order valence-corrected chi connectivity index (χ0v) is 22.6. The van der Waals surface area contributed by atoms with E-state index in [2.05, 4.69) is 15.0 Å². The topological polar surface area (TPSA) is 159 Å². The third kappa shape index (κ3) is 5.38. The molecule has 0 bridgehead atoms. The number of ether oxygens (including phenoxy) is 2. The fourth-order valence-corrected chi connectivity index (χ4v) is 6.04. The van der Waals surface area contributed by atoms with Gasteiger partial charge in [-0.1, -0.05) is 0 Å². The minimum Gasteiger partial charge on any atom is -0.453 e. The number of likely N-dealkylation sites (N-methyl/N-ethyl adjacent to an activating group) is 1. The highest BCUT2D eigenvalue weighted by atomic mass is 32.2. The van der Waals surface area contributed by atoms with Gasteiger partial charge in [0.2, 0.25) is 0 Å². The Morgan fingerprint density at radius 3 is 2.85 bits per heavy atom. The van der Waals surface area contributed by atoms with Crippen molar-refractivity contribution in [2.45, 2.75) is 30.9 Å². The molecule has 3 heterocycles. The van der Waals surface area contributed by atoms with Crippen LogP contribution in [0.15, 0.2) is 41.5 Å². The second kappa shape index (κ2) is 11.1. The molecule has 1 aromatic heterocycles. The van der Waals surface area contributed by atoms with Crippen LogP contribution < -0.4 is 20.3 Å². The first kappa shape index (κ1) is 27.9. The minimum absolute atomic E-state index is 0.0643. The van der Waals surface area contributed by atoms with Gasteiger partial charge in [0.25, 0.3) is 5.56 Å². The molecule has 0 unspecified atom stereocenters. The number of aromatic nitrogens is 2. The van der Waals surface area contributed by atoms with Crippen LogP contribution in [-0.2, 0) is 14.9 Å². The van der Waals surface area contributed by atoms with Gasteiger partial charge >= 0.3 is 10.2 Å². The predicted molar refractivity (Wildman–Crippen MR) is 144 cm³/mol. The first-order chi connectivity index (χ1) is 19.2. The SMILES string of the molecule is CN(CCO)S(=O)(=O)Nc1ccc(F)c(Oc2ccc3ncn([C@H]4COC5(CCNCC5)C4)c(=O)c3c2)c1C#N. The molecule has 1 spiro atoms. The molecule has 3 aromatic rings. The van der Waals surface area contributed by atoms with Crippen molar-refractivity contribution in [2.75, 3.05) is 44.6 Å². The number of rotatable bonds is 8. The lowest BCUT2D eigenvalue weighted by Crippen LogP contribution is -2.41. The van der Waals surface area contributed by atoms with Crippen molar-refractivity contribution < 1.29 is 27.4 Å². The van der Waals surface area contributed by atoms with Crippen molar-refractivity contribution in [3.63, 3.8) is 0 Å². The summed E-state index contributed by atoms with van der Waals surface area (Å²) in [5.41, 5.74) is -0.732. The monoisotopic (exact) mass is 572 g/mol. The fourth-order valence-electron chi connectivity index (χ4n) is 5.12. The molecule has 0 radical (unpaired) electrons. The quantitative estimate of drug-likeness (QED) is 0.366. The van der Waals surface area contributed by atoms with Crippen LogP contribution in [0.2, 0.25) is 0 Å². The summed E-state index contributed by atoms with van der Waals surface area (Å²) in [5, 5.41) is 22.4. The minimum atomic E-state index is -4.14. The zero-order chi connectivity index (χ0) is 28.5. The number of hydrogen-bond donors (Lipinski definition) is 3. The molecule has 2 saturated heterocycles. The lowest BCUT2D eigenvalue weighted by atomic mass is 9.88. The number of nitrogens with zero attached hydrogens (tertiary/aromatic N) is 4. The van der Waals surface area contributed by atoms with Crippen LogP contribution in [0.5, 0.6) is 11.5 Å². The summed E-state index contributed by atoms with van der Waals surface area (Å²) in [6.07, 6.45) is 3.95. The molecule has 2 aliphatic heterocycles. The Labute approximate surface area is 230 Å². The Hall–Kier alpha value is -3.61. The van der Waals surface area contributed by atoms with E-state index in [1.54, 1.807) is 16.7 Å². The second-order valence-electron chi connectivity index (χ2n) is 9.90. The summed E-state index contributed by atoms with van der Waals surface area (Å²) in [5.74, 6) is -1.34. The van der Waals surface area contributed by atoms with E-state index in [0.29, 0.717) is 18.5 Å². The van der Waals surface area contributed by atoms with Crippen molar-refractivity contribution in [1.29, 1.82) is 5.26 Å². The number of nitriles is 1. The summed E-state index contributed by atoms with van der Waals surface area (Å²) < 4.78 is 56.4. The van der Waals surface area contributed by atoms with E-state index in [1.807, 2.05) is 0 Å². The van der Waals surface area contributed by atoms with Crippen LogP contribution in [0.4, 0.5) is 10.1 Å². The number of aliphatic hydroxyl groups excluding tert-OH is 1. The molecular formula is C26H29FN6O6S. The van der Waals surface area contributed by atoms with Crippen LogP contribution in [0.1, 0.15) is 30.9 Å². The van der Waals surface area contributed by atoms with E-state index in [0.717, 1.165) is 42.4 Å². The largest absolute Gasteiger partial charge is 0.453 e. The highest BCUT2D eigenvalue weighted by molar-refractivity contribution is 7.90. The Balaban J connectivity index is 1.45. The Morgan fingerprint density at radius 2 is 2.12 bits per heavy atom. The fraction of sp³-hybridized carbons (Fsp3) is 0.423. The summed E-state index contributed by atoms with van der Waals surface area (Å²) in [6.45, 7) is 1.53. The van der Waals surface area contributed by atoms with E-state index < -0.39 is 28.4 Å². The average molecular weight is 573 g/mol. The van der Waals surface area contributed by atoms with Gasteiger partial charge in [-0.15, -0.1) is 0 Å². The van der Waals surface area contributed by atoms with Crippen molar-refractivity contribution >= 4 is 26.8 Å². The molecule has 3 N–H and O–H groups in total. The zero-order valence-electron chi connectivity index (χ0n) is 21.8. The molecule has 0 amide bonds. The smallest absolute Gasteiger partial charge is 0.301 e. The van der Waals surface area contributed by atoms with Crippen LogP contribution in [0, 0.1) is 17.1 Å². The maximum absolute atomic E-state index is 14.9. The van der Waals surface area contributed by atoms with Gasteiger partial charge in [-0.3, -0.25) is 14.1 Å². The van der Waals surface area contributed by atoms with Crippen LogP contribution in [-0.4, -0.2) is 72.9 Å². The normalized spacial score (nSPS) is 18.7. The van der Waals surface area contributed by atoms with Gasteiger partial charge in [0, 0.05) is 13.6 Å². The van der Waals surface area contributed by atoms with Gasteiger partial charge in [-0.25, -0.2) is 9.37 Å². The molecule has 12 nitrogen and oxygen atoms in total. The van der Waals surface area contributed by atoms with E-state index in [4.69, 9.17) is 14.6 Å². The second-order valence-corrected chi connectivity index (χ2v) is 11.7. The molecule has 0 saturated carbocycles. The summed E-state index contributed by atoms with van der Waals surface area (Å²) >= 11 is 0. The highest BCUT2D eigenvalue weighted by Gasteiger charge is 2.42. The Bertz CT molecular complexity index is 1630. The number of anilines is 1. The highest BCUT2D eigenvalue weighted by Crippen LogP contribution is 2.39. The molecule has 40 heavy (non-hydrogen) atoms. The molecule has 14 heteroatoms. The number of hydrogen-bond acceptors (Lipinski definition) is 9. The van der Waals surface area contributed by atoms with Gasteiger partial charge in [0.15, 0.2) is 11.6 Å². The molecule has 2 fully saturated rings. The van der Waals surface area contributed by atoms with Gasteiger partial charge in [0.05, 0.1) is 47.8 Å². The lowest BCUT2D eigenvalue weighted by molar-refractivity contribution is -0.0196. The van der Waals surface area contributed by atoms with Gasteiger partial charge in [0.1, 0.15) is 17.4 Å². The predicted octanol–water partition coefficient (Wildman–Crippen LogP) is 1.86. The number of benzene rings is 2. The molecule has 1 atom stereocenters. The number of aliphatic hydroxyl groups is 1. The van der Waals surface area contributed by atoms with Gasteiger partial charge < -0.3 is 19.9 Å². The maximum atomic E-state index is 14.9. The van der Waals surface area contributed by atoms with Crippen LogP contribution in [0.25, 0.3) is 10.9 Å². The van der Waals surface area contributed by atoms with Crippen LogP contribution in [0.3, 0.4) is 0 Å². The average Bonchev–Trinajstić information content (AvgIpc) is 3.34. The van der Waals surface area contributed by atoms with E-state index in [1.165, 1.54) is 25.5 Å². The molecule has 212 valence electrons. The summed E-state index contributed by atoms with van der Waals surface area (Å²) in [6, 6.07) is 8.13. The lowest BCUT2D eigenvalue weighted by Gasteiger charge is -2.32. The van der Waals surface area contributed by atoms with Gasteiger partial charge in [-0.2, -0.15) is 18.0 Å². The maximum Gasteiger partial charge on any atom is 0.301 e. The number of halogens is 1. The molecule has 0 aliphatic carbocycles. The summed E-state index contributed by atoms with van der Waals surface area (Å²) in [4.78, 5) is 17.9. The molecular weight excluding hydrogens is 543 g/mol. The van der Waals surface area contributed by atoms with Crippen LogP contribution >= 0.6 is 0 Å². The Morgan fingerprint density at radius 1 is 1.35 bits per heavy atom. The van der Waals surface area contributed by atoms with Crippen molar-refractivity contribution in [1.82, 2.24) is 19.2 Å². The molecule has 2 aliphatic rings. The van der Waals surface area contributed by atoms with Crippen molar-refractivity contribution in [3.8, 4) is 17.6 Å². The van der Waals surface area contributed by atoms with E-state index in [9.17, 15) is 22.9 Å². The van der Waals surface area contributed by atoms with Crippen molar-refractivity contribution in [2.24, 2.45) is 0 Å². The third-order valence-electron chi connectivity index (χ3n) is 7.36. The molecule has 2 aromatic carbocycles. The Kier molecular flexibility index (Phi) is 7.76. The first-order valence-corrected chi connectivity index (χ1v) is 14.2. The van der Waals surface area contributed by atoms with Crippen molar-refractivity contribution in [3.05, 3.63) is 58.4 Å². The first-order valence-electron chi connectivity index (χ1n) is 12.8.